The molecule has 2 aromatic rings. The first-order valence-electron chi connectivity index (χ1n) is 8.44. The summed E-state index contributed by atoms with van der Waals surface area (Å²) < 4.78 is 24.1. The molecule has 134 valence electrons. The van der Waals surface area contributed by atoms with Crippen molar-refractivity contribution in [3.8, 4) is 17.6 Å². The van der Waals surface area contributed by atoms with E-state index in [2.05, 4.69) is 6.92 Å². The Morgan fingerprint density at radius 3 is 2.54 bits per heavy atom. The van der Waals surface area contributed by atoms with E-state index in [-0.39, 0.29) is 11.3 Å². The zero-order valence-electron chi connectivity index (χ0n) is 14.6. The van der Waals surface area contributed by atoms with Gasteiger partial charge in [0.25, 0.3) is 0 Å². The molecule has 0 aromatic heterocycles. The highest BCUT2D eigenvalue weighted by Crippen LogP contribution is 2.17. The molecule has 26 heavy (non-hydrogen) atoms. The van der Waals surface area contributed by atoms with Crippen molar-refractivity contribution in [3.63, 3.8) is 0 Å². The van der Waals surface area contributed by atoms with Gasteiger partial charge in [0, 0.05) is 12.1 Å². The van der Waals surface area contributed by atoms with Crippen LogP contribution in [0.5, 0.6) is 11.5 Å². The van der Waals surface area contributed by atoms with Gasteiger partial charge in [-0.15, -0.1) is 0 Å². The largest absolute Gasteiger partial charge is 0.494 e. The third kappa shape index (κ3) is 6.06. The highest BCUT2D eigenvalue weighted by atomic mass is 19.1. The highest BCUT2D eigenvalue weighted by Gasteiger charge is 2.06. The van der Waals surface area contributed by atoms with Crippen LogP contribution in [0.3, 0.4) is 0 Å². The summed E-state index contributed by atoms with van der Waals surface area (Å²) in [5.74, 6) is -0.522. The normalized spacial score (nSPS) is 10.5. The van der Waals surface area contributed by atoms with Gasteiger partial charge >= 0.3 is 5.97 Å². The molecule has 0 N–H and O–H groups in total. The number of hydrogen-bond donors (Lipinski definition) is 0. The molecule has 0 spiro atoms. The first-order valence-corrected chi connectivity index (χ1v) is 8.44. The number of nitrogens with zero attached hydrogens (tertiary/aromatic N) is 1. The number of benzene rings is 2. The van der Waals surface area contributed by atoms with Gasteiger partial charge in [0.05, 0.1) is 12.2 Å². The number of hydrogen-bond acceptors (Lipinski definition) is 4. The summed E-state index contributed by atoms with van der Waals surface area (Å²) >= 11 is 0. The topological polar surface area (TPSA) is 59.3 Å². The summed E-state index contributed by atoms with van der Waals surface area (Å²) in [6.45, 7) is 2.83. The number of carbonyl (C=O) groups is 1. The van der Waals surface area contributed by atoms with Crippen molar-refractivity contribution >= 4 is 12.0 Å². The highest BCUT2D eigenvalue weighted by molar-refractivity contribution is 5.88. The van der Waals surface area contributed by atoms with Crippen LogP contribution in [0.25, 0.3) is 6.08 Å². The molecule has 4 nitrogen and oxygen atoms in total. The van der Waals surface area contributed by atoms with E-state index in [1.54, 1.807) is 12.1 Å². The Kier molecular flexibility index (Phi) is 7.38. The molecule has 0 saturated carbocycles. The van der Waals surface area contributed by atoms with E-state index in [4.69, 9.17) is 14.7 Å². The molecule has 2 aromatic carbocycles. The van der Waals surface area contributed by atoms with E-state index in [1.165, 1.54) is 18.2 Å². The molecule has 0 aliphatic heterocycles. The average molecular weight is 353 g/mol. The fourth-order valence-electron chi connectivity index (χ4n) is 2.18. The number of ether oxygens (including phenoxy) is 2. The first kappa shape index (κ1) is 19.2. The number of halogens is 1. The number of unbranched alkanes of at least 4 members (excludes halogenated alkanes) is 2. The summed E-state index contributed by atoms with van der Waals surface area (Å²) in [4.78, 5) is 11.8. The second-order valence-corrected chi connectivity index (χ2v) is 5.63. The predicted molar refractivity (Wildman–Crippen MR) is 97.2 cm³/mol. The second-order valence-electron chi connectivity index (χ2n) is 5.63. The van der Waals surface area contributed by atoms with Crippen LogP contribution in [-0.2, 0) is 4.79 Å². The maximum Gasteiger partial charge on any atom is 0.336 e. The zero-order valence-corrected chi connectivity index (χ0v) is 14.6. The molecular formula is C21H20FNO3. The molecule has 0 aliphatic carbocycles. The molecule has 5 heteroatoms. The minimum atomic E-state index is -0.726. The molecule has 0 saturated heterocycles. The summed E-state index contributed by atoms with van der Waals surface area (Å²) in [6.07, 6.45) is 6.18. The lowest BCUT2D eigenvalue weighted by Crippen LogP contribution is -2.04. The summed E-state index contributed by atoms with van der Waals surface area (Å²) in [7, 11) is 0. The molecule has 0 atom stereocenters. The van der Waals surface area contributed by atoms with Crippen molar-refractivity contribution in [3.05, 3.63) is 65.5 Å². The molecular weight excluding hydrogens is 333 g/mol. The molecule has 0 heterocycles. The molecule has 0 fully saturated rings. The molecule has 2 rings (SSSR count). The van der Waals surface area contributed by atoms with Gasteiger partial charge in [-0.25, -0.2) is 9.18 Å². The van der Waals surface area contributed by atoms with Gasteiger partial charge in [-0.1, -0.05) is 31.9 Å². The summed E-state index contributed by atoms with van der Waals surface area (Å²) in [5.41, 5.74) is 0.714. The SMILES string of the molecule is CCCCCOc1ccc(/C=C/C(=O)Oc2ccc(C#N)c(F)c2)cc1. The van der Waals surface area contributed by atoms with Gasteiger partial charge < -0.3 is 9.47 Å². The lowest BCUT2D eigenvalue weighted by molar-refractivity contribution is -0.128. The fraction of sp³-hybridized carbons (Fsp3) is 0.238. The van der Waals surface area contributed by atoms with Crippen molar-refractivity contribution < 1.29 is 18.7 Å². The average Bonchev–Trinajstić information content (AvgIpc) is 2.65. The Morgan fingerprint density at radius 2 is 1.88 bits per heavy atom. The maximum absolute atomic E-state index is 13.5. The Morgan fingerprint density at radius 1 is 1.15 bits per heavy atom. The van der Waals surface area contributed by atoms with Crippen LogP contribution in [0.15, 0.2) is 48.5 Å². The maximum atomic E-state index is 13.5. The Balaban J connectivity index is 1.87. The number of rotatable bonds is 8. The number of nitriles is 1. The van der Waals surface area contributed by atoms with Crippen molar-refractivity contribution in [2.75, 3.05) is 6.61 Å². The van der Waals surface area contributed by atoms with Gasteiger partial charge in [-0.05, 0) is 42.3 Å². The molecule has 0 radical (unpaired) electrons. The van der Waals surface area contributed by atoms with Crippen LogP contribution < -0.4 is 9.47 Å². The van der Waals surface area contributed by atoms with Crippen LogP contribution >= 0.6 is 0 Å². The van der Waals surface area contributed by atoms with E-state index in [9.17, 15) is 9.18 Å². The third-order valence-electron chi connectivity index (χ3n) is 3.59. The Bertz CT molecular complexity index is 807. The number of carbonyl (C=O) groups excluding carboxylic acids is 1. The van der Waals surface area contributed by atoms with E-state index >= 15 is 0 Å². The van der Waals surface area contributed by atoms with E-state index in [0.29, 0.717) is 6.61 Å². The third-order valence-corrected chi connectivity index (χ3v) is 3.59. The zero-order chi connectivity index (χ0) is 18.8. The monoisotopic (exact) mass is 353 g/mol. The van der Waals surface area contributed by atoms with E-state index < -0.39 is 11.8 Å². The lowest BCUT2D eigenvalue weighted by atomic mass is 10.2. The molecule has 0 amide bonds. The van der Waals surface area contributed by atoms with E-state index in [1.807, 2.05) is 24.3 Å². The molecule has 0 aliphatic rings. The predicted octanol–water partition coefficient (Wildman–Crippen LogP) is 4.89. The minimum Gasteiger partial charge on any atom is -0.494 e. The van der Waals surface area contributed by atoms with Crippen LogP contribution in [0.1, 0.15) is 37.3 Å². The number of esters is 1. The second kappa shape index (κ2) is 10.00. The summed E-state index contributed by atoms with van der Waals surface area (Å²) in [6, 6.07) is 12.7. The minimum absolute atomic E-state index is 0.0481. The Labute approximate surface area is 152 Å². The first-order chi connectivity index (χ1) is 12.6. The molecule has 0 bridgehead atoms. The standard InChI is InChI=1S/C21H20FNO3/c1-2-3-4-13-25-18-9-5-16(6-10-18)7-12-21(24)26-19-11-8-17(15-23)20(22)14-19/h5-12,14H,2-4,13H2,1H3/b12-7+. The smallest absolute Gasteiger partial charge is 0.336 e. The van der Waals surface area contributed by atoms with Crippen LogP contribution in [0.4, 0.5) is 4.39 Å². The van der Waals surface area contributed by atoms with Gasteiger partial charge in [0.2, 0.25) is 0 Å². The van der Waals surface area contributed by atoms with Crippen molar-refractivity contribution in [1.82, 2.24) is 0 Å². The quantitative estimate of drug-likeness (QED) is 0.293. The fourth-order valence-corrected chi connectivity index (χ4v) is 2.18. The van der Waals surface area contributed by atoms with Crippen LogP contribution in [-0.4, -0.2) is 12.6 Å². The van der Waals surface area contributed by atoms with Gasteiger partial charge in [-0.2, -0.15) is 5.26 Å². The van der Waals surface area contributed by atoms with Crippen molar-refractivity contribution in [2.45, 2.75) is 26.2 Å². The lowest BCUT2D eigenvalue weighted by Gasteiger charge is -2.05. The summed E-state index contributed by atoms with van der Waals surface area (Å²) in [5, 5.41) is 8.67. The van der Waals surface area contributed by atoms with Gasteiger partial charge in [-0.3, -0.25) is 0 Å². The van der Waals surface area contributed by atoms with Crippen molar-refractivity contribution in [2.24, 2.45) is 0 Å². The van der Waals surface area contributed by atoms with E-state index in [0.717, 1.165) is 36.6 Å². The van der Waals surface area contributed by atoms with Crippen molar-refractivity contribution in [1.29, 1.82) is 5.26 Å². The van der Waals surface area contributed by atoms with Crippen LogP contribution in [0, 0.1) is 17.1 Å². The van der Waals surface area contributed by atoms with Gasteiger partial charge in [0.1, 0.15) is 23.4 Å². The Hall–Kier alpha value is -3.13. The molecule has 0 unspecified atom stereocenters. The van der Waals surface area contributed by atoms with Gasteiger partial charge in [0.15, 0.2) is 0 Å². The van der Waals surface area contributed by atoms with Crippen LogP contribution in [0.2, 0.25) is 0 Å².